The molecule has 132 valence electrons. The quantitative estimate of drug-likeness (QED) is 0.835. The van der Waals surface area contributed by atoms with Crippen LogP contribution in [0.4, 0.5) is 4.39 Å². The van der Waals surface area contributed by atoms with Crippen LogP contribution in [0.5, 0.6) is 11.5 Å². The Kier molecular flexibility index (Phi) is 4.10. The van der Waals surface area contributed by atoms with Crippen LogP contribution in [-0.2, 0) is 14.8 Å². The number of rotatable bonds is 3. The SMILES string of the molecule is O=S(=O)(c1ccc2c(c1)OCO2)N1CCOC(c2ccccc2F)C1. The van der Waals surface area contributed by atoms with Crippen molar-refractivity contribution in [2.45, 2.75) is 11.0 Å². The second-order valence-corrected chi connectivity index (χ2v) is 7.70. The Morgan fingerprint density at radius 3 is 2.72 bits per heavy atom. The first-order chi connectivity index (χ1) is 12.1. The molecule has 6 nitrogen and oxygen atoms in total. The van der Waals surface area contributed by atoms with E-state index in [0.29, 0.717) is 17.1 Å². The van der Waals surface area contributed by atoms with Gasteiger partial charge in [0.2, 0.25) is 16.8 Å². The molecule has 2 aliphatic rings. The van der Waals surface area contributed by atoms with Crippen LogP contribution in [0, 0.1) is 5.82 Å². The lowest BCUT2D eigenvalue weighted by Gasteiger charge is -2.32. The van der Waals surface area contributed by atoms with Gasteiger partial charge in [-0.1, -0.05) is 18.2 Å². The molecule has 0 aromatic heterocycles. The summed E-state index contributed by atoms with van der Waals surface area (Å²) < 4.78 is 57.2. The average Bonchev–Trinajstić information content (AvgIpc) is 3.10. The minimum Gasteiger partial charge on any atom is -0.454 e. The molecule has 2 aromatic rings. The van der Waals surface area contributed by atoms with Crippen LogP contribution < -0.4 is 9.47 Å². The lowest BCUT2D eigenvalue weighted by molar-refractivity contribution is -0.00443. The van der Waals surface area contributed by atoms with Crippen molar-refractivity contribution >= 4 is 10.0 Å². The minimum absolute atomic E-state index is 0.0533. The first-order valence-electron chi connectivity index (χ1n) is 7.81. The van der Waals surface area contributed by atoms with Gasteiger partial charge in [-0.2, -0.15) is 4.31 Å². The molecule has 4 rings (SSSR count). The highest BCUT2D eigenvalue weighted by molar-refractivity contribution is 7.89. The Hall–Kier alpha value is -2.16. The van der Waals surface area contributed by atoms with E-state index in [9.17, 15) is 12.8 Å². The lowest BCUT2D eigenvalue weighted by Crippen LogP contribution is -2.42. The lowest BCUT2D eigenvalue weighted by atomic mass is 10.1. The maximum absolute atomic E-state index is 14.0. The van der Waals surface area contributed by atoms with Gasteiger partial charge in [-0.15, -0.1) is 0 Å². The van der Waals surface area contributed by atoms with E-state index in [1.165, 1.54) is 22.5 Å². The Morgan fingerprint density at radius 2 is 1.88 bits per heavy atom. The van der Waals surface area contributed by atoms with E-state index in [1.807, 2.05) is 0 Å². The standard InChI is InChI=1S/C17H16FNO5S/c18-14-4-2-1-3-13(14)17-10-19(7-8-22-17)25(20,21)12-5-6-15-16(9-12)24-11-23-15/h1-6,9,17H,7-8,10-11H2. The summed E-state index contributed by atoms with van der Waals surface area (Å²) in [4.78, 5) is 0.117. The molecule has 0 spiro atoms. The van der Waals surface area contributed by atoms with E-state index < -0.39 is 21.9 Å². The van der Waals surface area contributed by atoms with Gasteiger partial charge in [-0.05, 0) is 18.2 Å². The fourth-order valence-corrected chi connectivity index (χ4v) is 4.40. The fraction of sp³-hybridized carbons (Fsp3) is 0.294. The molecule has 8 heteroatoms. The van der Waals surface area contributed by atoms with Crippen LogP contribution in [0.3, 0.4) is 0 Å². The van der Waals surface area contributed by atoms with Crippen LogP contribution in [-0.4, -0.2) is 39.2 Å². The second kappa shape index (κ2) is 6.29. The largest absolute Gasteiger partial charge is 0.454 e. The highest BCUT2D eigenvalue weighted by Crippen LogP contribution is 2.35. The monoisotopic (exact) mass is 365 g/mol. The number of morpholine rings is 1. The molecule has 0 aliphatic carbocycles. The van der Waals surface area contributed by atoms with Crippen molar-refractivity contribution in [1.82, 2.24) is 4.31 Å². The van der Waals surface area contributed by atoms with E-state index in [-0.39, 0.29) is 31.4 Å². The second-order valence-electron chi connectivity index (χ2n) is 5.76. The molecule has 0 N–H and O–H groups in total. The van der Waals surface area contributed by atoms with Gasteiger partial charge in [0.15, 0.2) is 11.5 Å². The maximum atomic E-state index is 14.0. The van der Waals surface area contributed by atoms with Gasteiger partial charge < -0.3 is 14.2 Å². The topological polar surface area (TPSA) is 65.1 Å². The van der Waals surface area contributed by atoms with Gasteiger partial charge in [0, 0.05) is 24.7 Å². The summed E-state index contributed by atoms with van der Waals surface area (Å²) >= 11 is 0. The molecule has 0 radical (unpaired) electrons. The molecule has 0 bridgehead atoms. The van der Waals surface area contributed by atoms with E-state index in [2.05, 4.69) is 0 Å². The third-order valence-electron chi connectivity index (χ3n) is 4.26. The van der Waals surface area contributed by atoms with Crippen LogP contribution in [0.2, 0.25) is 0 Å². The van der Waals surface area contributed by atoms with E-state index >= 15 is 0 Å². The fourth-order valence-electron chi connectivity index (χ4n) is 2.95. The molecule has 2 heterocycles. The molecular formula is C17H16FNO5S. The van der Waals surface area contributed by atoms with Crippen molar-refractivity contribution in [3.8, 4) is 11.5 Å². The van der Waals surface area contributed by atoms with Crippen LogP contribution in [0.1, 0.15) is 11.7 Å². The molecule has 2 aromatic carbocycles. The summed E-state index contributed by atoms with van der Waals surface area (Å²) in [6.07, 6.45) is -0.640. The third kappa shape index (κ3) is 2.97. The molecule has 25 heavy (non-hydrogen) atoms. The molecule has 1 unspecified atom stereocenters. The number of hydrogen-bond acceptors (Lipinski definition) is 5. The minimum atomic E-state index is -3.74. The number of fused-ring (bicyclic) bond motifs is 1. The third-order valence-corrected chi connectivity index (χ3v) is 6.12. The predicted molar refractivity (Wildman–Crippen MR) is 86.4 cm³/mol. The van der Waals surface area contributed by atoms with Gasteiger partial charge in [0.1, 0.15) is 5.82 Å². The van der Waals surface area contributed by atoms with Crippen molar-refractivity contribution in [3.63, 3.8) is 0 Å². The molecule has 1 fully saturated rings. The van der Waals surface area contributed by atoms with Gasteiger partial charge >= 0.3 is 0 Å². The summed E-state index contributed by atoms with van der Waals surface area (Å²) in [7, 11) is -3.74. The molecular weight excluding hydrogens is 349 g/mol. The van der Waals surface area contributed by atoms with Crippen molar-refractivity contribution in [2.24, 2.45) is 0 Å². The first-order valence-corrected chi connectivity index (χ1v) is 9.25. The zero-order valence-electron chi connectivity index (χ0n) is 13.2. The first kappa shape index (κ1) is 16.3. The van der Waals surface area contributed by atoms with Crippen molar-refractivity contribution in [2.75, 3.05) is 26.5 Å². The summed E-state index contributed by atoms with van der Waals surface area (Å²) in [6.45, 7) is 0.536. The smallest absolute Gasteiger partial charge is 0.243 e. The normalized spacial score (nSPS) is 20.6. The molecule has 2 aliphatic heterocycles. The molecule has 1 atom stereocenters. The van der Waals surface area contributed by atoms with Gasteiger partial charge in [0.25, 0.3) is 0 Å². The molecule has 1 saturated heterocycles. The number of sulfonamides is 1. The van der Waals surface area contributed by atoms with Gasteiger partial charge in [-0.3, -0.25) is 0 Å². The summed E-state index contributed by atoms with van der Waals surface area (Å²) in [5, 5.41) is 0. The van der Waals surface area contributed by atoms with E-state index in [0.717, 1.165) is 0 Å². The highest BCUT2D eigenvalue weighted by Gasteiger charge is 2.33. The molecule has 0 saturated carbocycles. The predicted octanol–water partition coefficient (Wildman–Crippen LogP) is 2.32. The Morgan fingerprint density at radius 1 is 1.08 bits per heavy atom. The molecule has 0 amide bonds. The van der Waals surface area contributed by atoms with E-state index in [4.69, 9.17) is 14.2 Å². The number of nitrogens with zero attached hydrogens (tertiary/aromatic N) is 1. The van der Waals surface area contributed by atoms with Crippen molar-refractivity contribution in [1.29, 1.82) is 0 Å². The van der Waals surface area contributed by atoms with Crippen LogP contribution >= 0.6 is 0 Å². The van der Waals surface area contributed by atoms with Crippen LogP contribution in [0.15, 0.2) is 47.4 Å². The number of halogens is 1. The van der Waals surface area contributed by atoms with Crippen molar-refractivity contribution < 1.29 is 27.0 Å². The van der Waals surface area contributed by atoms with Crippen molar-refractivity contribution in [3.05, 3.63) is 53.8 Å². The number of ether oxygens (including phenoxy) is 3. The Balaban J connectivity index is 1.61. The summed E-state index contributed by atoms with van der Waals surface area (Å²) in [5.74, 6) is 0.514. The summed E-state index contributed by atoms with van der Waals surface area (Å²) in [5.41, 5.74) is 0.355. The van der Waals surface area contributed by atoms with Crippen LogP contribution in [0.25, 0.3) is 0 Å². The van der Waals surface area contributed by atoms with E-state index in [1.54, 1.807) is 24.3 Å². The Labute approximate surface area is 144 Å². The van der Waals surface area contributed by atoms with Gasteiger partial charge in [-0.25, -0.2) is 12.8 Å². The zero-order valence-corrected chi connectivity index (χ0v) is 14.0. The average molecular weight is 365 g/mol. The Bertz CT molecular complexity index is 902. The van der Waals surface area contributed by atoms with Gasteiger partial charge in [0.05, 0.1) is 17.6 Å². The number of hydrogen-bond donors (Lipinski definition) is 0. The maximum Gasteiger partial charge on any atom is 0.243 e. The highest BCUT2D eigenvalue weighted by atomic mass is 32.2. The number of benzene rings is 2. The summed E-state index contributed by atoms with van der Waals surface area (Å²) in [6, 6.07) is 10.7. The zero-order chi connectivity index (χ0) is 17.4.